The van der Waals surface area contributed by atoms with Gasteiger partial charge in [0.1, 0.15) is 159 Å². The minimum Gasteiger partial charge on any atom is -0.726 e. The molecule has 0 aliphatic carbocycles. The molecule has 131 heavy (non-hydrogen) atoms. The van der Waals surface area contributed by atoms with Gasteiger partial charge in [-0.05, 0) is 13.8 Å². The first-order valence-electron chi connectivity index (χ1n) is 29.9. The minimum atomic E-state index is -6.22. The van der Waals surface area contributed by atoms with E-state index in [1.54, 1.807) is 0 Å². The number of rotatable bonds is 54. The Hall–Kier alpha value is 12.3. The van der Waals surface area contributed by atoms with Crippen molar-refractivity contribution in [3.05, 3.63) is 0 Å². The number of hydrogen-bond donors (Lipinski definition) is 11. The average molecular weight is 2280 g/mol. The molecular formula is C38H55N4Na13O64S12. The number of aliphatic carboxylic acids is 2. The molecule has 11 N–H and O–H groups in total. The summed E-state index contributed by atoms with van der Waals surface area (Å²) in [5.74, 6) is -4.37. The van der Waals surface area contributed by atoms with Gasteiger partial charge in [-0.1, -0.05) is 0 Å². The summed E-state index contributed by atoms with van der Waals surface area (Å²) in [5, 5.41) is 195. The van der Waals surface area contributed by atoms with Crippen molar-refractivity contribution in [3.63, 3.8) is 0 Å². The second kappa shape index (κ2) is 85.5. The van der Waals surface area contributed by atoms with Crippen LogP contribution in [0.5, 0.6) is 0 Å². The van der Waals surface area contributed by atoms with Gasteiger partial charge >= 0.3 is 390 Å². The van der Waals surface area contributed by atoms with E-state index in [4.69, 9.17) is 64.1 Å². The van der Waals surface area contributed by atoms with Crippen molar-refractivity contribution in [1.82, 2.24) is 18.9 Å². The first kappa shape index (κ1) is 161. The van der Waals surface area contributed by atoms with Gasteiger partial charge in [-0.3, -0.25) is 73.8 Å². The maximum Gasteiger partial charge on any atom is 1.00 e. The van der Waals surface area contributed by atoms with E-state index in [0.717, 1.165) is 0 Å². The third kappa shape index (κ3) is 56.7. The largest absolute Gasteiger partial charge is 1.00 e. The molecule has 68 nitrogen and oxygen atoms in total. The number of carbonyl (C=O) groups excluding carboxylic acids is 1. The van der Waals surface area contributed by atoms with E-state index in [-0.39, 0.29) is 458 Å². The summed E-state index contributed by atoms with van der Waals surface area (Å²) in [6, 6.07) is -6.49. The number of carboxylic acid groups (broad SMARTS) is 2. The van der Waals surface area contributed by atoms with E-state index >= 15 is 0 Å². The summed E-state index contributed by atoms with van der Waals surface area (Å²) in [5.41, 5.74) is 0. The van der Waals surface area contributed by atoms with Gasteiger partial charge in [-0.25, -0.2) is 57.4 Å². The number of carboxylic acids is 2. The fraction of sp³-hybridized carbons (Fsp3) is 0.947. The normalized spacial score (nSPS) is 32.2. The van der Waals surface area contributed by atoms with Crippen molar-refractivity contribution in [2.45, 2.75) is 197 Å². The zero-order valence-electron chi connectivity index (χ0n) is 69.4. The van der Waals surface area contributed by atoms with E-state index in [9.17, 15) is 144 Å². The van der Waals surface area contributed by atoms with Crippen LogP contribution in [0.25, 0.3) is 0 Å². The van der Waals surface area contributed by atoms with Gasteiger partial charge in [0.2, 0.25) is 41.6 Å². The number of nitrogens with one attached hydrogen (secondary N) is 4. The molecule has 12 unspecified atom stereocenters. The Bertz CT molecular complexity index is 3400. The molecule has 0 radical (unpaired) electrons. The average Bonchev–Trinajstić information content (AvgIpc) is 0.753. The molecule has 696 valence electrons. The number of carbonyl (C=O) groups is 2. The van der Waals surface area contributed by atoms with Gasteiger partial charge in [-0.15, -0.1) is 17.3 Å². The van der Waals surface area contributed by atoms with E-state index in [1.807, 2.05) is 0 Å². The Morgan fingerprint density at radius 1 is 0.336 bits per heavy atom. The zero-order chi connectivity index (χ0) is 87.8. The quantitative estimate of drug-likeness (QED) is 0.00394. The molecule has 0 aromatic carbocycles. The van der Waals surface area contributed by atoms with Gasteiger partial charge in [0, 0.05) is 0 Å². The van der Waals surface area contributed by atoms with E-state index < -0.39 is 288 Å². The van der Waals surface area contributed by atoms with Crippen molar-refractivity contribution in [2.75, 3.05) is 26.4 Å². The van der Waals surface area contributed by atoms with Crippen LogP contribution in [0.2, 0.25) is 0 Å². The molecule has 6 rings (SSSR count). The molecule has 6 heterocycles. The minimum absolute atomic E-state index is 0. The Kier molecular flexibility index (Phi) is 105. The fourth-order valence-electron chi connectivity index (χ4n) is 10.9. The molecule has 6 saturated heterocycles. The Morgan fingerprint density at radius 3 is 1.09 bits per heavy atom. The van der Waals surface area contributed by atoms with E-state index in [1.165, 1.54) is 13.8 Å². The van der Waals surface area contributed by atoms with Gasteiger partial charge in [0.15, 0.2) is 92.8 Å². The predicted molar refractivity (Wildman–Crippen MR) is 319 cm³/mol. The molecule has 0 amide bonds. The van der Waals surface area contributed by atoms with Crippen LogP contribution in [0.15, 0.2) is 0 Å². The van der Waals surface area contributed by atoms with Gasteiger partial charge in [0.05, 0.1) is 62.7 Å². The fourth-order valence-corrected chi connectivity index (χ4v) is 15.8. The molecule has 30 atom stereocenters. The predicted octanol–water partition coefficient (Wildman–Crippen LogP) is -58.4. The number of ether oxygens (including phenoxy) is 10. The molecular weight excluding hydrogens is 2220 g/mol. The van der Waals surface area contributed by atoms with Crippen LogP contribution in [0.4, 0.5) is 0 Å². The summed E-state index contributed by atoms with van der Waals surface area (Å²) >= 11 is -1.69. The van der Waals surface area contributed by atoms with Crippen LogP contribution in [0, 0.1) is 0 Å². The smallest absolute Gasteiger partial charge is 0.726 e. The van der Waals surface area contributed by atoms with Crippen molar-refractivity contribution in [2.24, 2.45) is 0 Å². The van der Waals surface area contributed by atoms with Crippen molar-refractivity contribution >= 4 is 152 Å². The SMILES string of the molecule is C[C@H]1OC(CO)[C@@H](O[C@@H]2OC(C(=O)O)[C@@H](O[C@H]3OC(CO)[C@@H](O)[C@H](O)C3NSOO[O-])[C@H](O)C2OS(=O)(=O)[O-])[C@H](O)C1NSOO[O-].C[C@H]1OC(COS(=O)(=O)[O-])[C@@H](O[C@@H]2OC(C(=O)[O-])[C@@H](O[C@H]3OC(COS(=O)(=O)[O-])[C@@H](OSOO[O-])[C@@H](OSOO[O-])C3NSOO[O-])[C@@H](OSOO[O-])C2OS(=O)(=O)[O-])[C@@H](OSOO[O-])C1NSOO[O-].[Na+].[Na+].[Na+].[Na+].[Na+].[Na+].[Na+].[Na+].[Na+].[Na+].[Na+].[Na+].[Na+]. The van der Waals surface area contributed by atoms with Crippen molar-refractivity contribution < 1.29 is 684 Å². The Balaban J connectivity index is -0.000000314. The van der Waals surface area contributed by atoms with Gasteiger partial charge in [0.25, 0.3) is 0 Å². The van der Waals surface area contributed by atoms with Gasteiger partial charge < -0.3 is 153 Å². The second-order valence-corrected chi connectivity index (χ2v) is 30.1. The van der Waals surface area contributed by atoms with E-state index in [2.05, 4.69) is 111 Å². The van der Waals surface area contributed by atoms with Crippen molar-refractivity contribution in [1.29, 1.82) is 0 Å². The Labute approximate surface area is 1060 Å². The standard InChI is InChI=1S/C19H34N2O41S9.C19H34N2O23S3.13Na/c1-4-7(20-63-57-51-24)11(47-66-60-54-27)9(5(41-4)2-39-69(30,31)32)43-19-16(50-71(36,37)38)14(49-68-62-56-29)13(15(45-19)17(22)23)44-18-8(21-64-58-52-25)12(48-67-61-55-28)10(46-65-59-53-26)6(42-18)3-40-70(33,34)35;1-4-7(20-45-43-41-30)11(26)13(6(3-23)35-4)37-19-15(40-47(32,33)34)12(27)14(16(39-19)17(28)29)38-18-8(21-46-44-42-31)10(25)9(24)5(2-22)36-18;;;;;;;;;;;;;/h4-16,18-21,24-29H,2-3H2,1H3,(H,22,23)(H,30,31,32)(H,33,34,35)(H,36,37,38);4-16,18-27,30-31H,2-3H2,1H3,(H,28,29)(H,32,33,34);;;;;;;;;;;;;/q;;13*+1/p-13/t4-,5?,6?,7?,8?,9-,10-,11+,12+,13+,14-,15?,16?,18-,19-;4-,5?,6?,7?,8?,9-,10-,11-,12+,13-,14+,15?,16?,18-,19-;;;;;;;;;;;;;/m11............./s1. The molecule has 0 aromatic heterocycles. The number of aliphatic hydroxyl groups excluding tert-OH is 6. The monoisotopic (exact) mass is 2270 g/mol. The Morgan fingerprint density at radius 2 is 0.672 bits per heavy atom. The molecule has 0 bridgehead atoms. The maximum atomic E-state index is 13.0. The molecule has 6 aliphatic rings. The van der Waals surface area contributed by atoms with Crippen LogP contribution in [-0.4, -0.2) is 310 Å². The summed E-state index contributed by atoms with van der Waals surface area (Å²) in [4.78, 5) is 25.3. The summed E-state index contributed by atoms with van der Waals surface area (Å²) in [6.45, 7) is -2.05. The van der Waals surface area contributed by atoms with Crippen LogP contribution >= 0.6 is 98.2 Å². The molecule has 6 fully saturated rings. The third-order valence-corrected chi connectivity index (χ3v) is 20.7. The number of hydrogen-bond acceptors (Lipinski definition) is 75. The zero-order valence-corrected chi connectivity index (χ0v) is 105. The second-order valence-electron chi connectivity index (χ2n) is 21.9. The molecule has 0 spiro atoms. The molecule has 0 aromatic rings. The molecule has 6 aliphatic heterocycles. The first-order valence-corrected chi connectivity index (χ1v) is 40.8. The van der Waals surface area contributed by atoms with Crippen LogP contribution in [0.3, 0.4) is 0 Å². The van der Waals surface area contributed by atoms with Gasteiger partial charge in [-0.2, -0.15) is 17.3 Å². The third-order valence-electron chi connectivity index (χ3n) is 15.3. The van der Waals surface area contributed by atoms with E-state index in [0.29, 0.717) is 0 Å². The topological polar surface area (TPSA) is 974 Å². The first-order chi connectivity index (χ1) is 55.8. The summed E-state index contributed by atoms with van der Waals surface area (Å²) in [7, 11) is -23.3. The van der Waals surface area contributed by atoms with Crippen LogP contribution in [0.1, 0.15) is 13.8 Å². The van der Waals surface area contributed by atoms with Crippen LogP contribution in [-0.2, 0) is 207 Å². The van der Waals surface area contributed by atoms with Crippen LogP contribution < -0.4 is 450 Å². The maximum absolute atomic E-state index is 13.0. The van der Waals surface area contributed by atoms with Crippen molar-refractivity contribution in [3.8, 4) is 0 Å². The molecule has 93 heteroatoms. The summed E-state index contributed by atoms with van der Waals surface area (Å²) < 4.78 is 277. The molecule has 0 saturated carbocycles. The summed E-state index contributed by atoms with van der Waals surface area (Å²) in [6.07, 6.45) is -55.7. The number of aliphatic hydroxyl groups is 6.